The van der Waals surface area contributed by atoms with E-state index in [0.29, 0.717) is 39.1 Å². The van der Waals surface area contributed by atoms with Gasteiger partial charge >= 0.3 is 5.97 Å². The highest BCUT2D eigenvalue weighted by Crippen LogP contribution is 2.38. The minimum absolute atomic E-state index is 0.0315. The third-order valence-corrected chi connectivity index (χ3v) is 5.75. The summed E-state index contributed by atoms with van der Waals surface area (Å²) in [4.78, 5) is 27.2. The number of esters is 1. The number of nitrogens with zero attached hydrogens (tertiary/aromatic N) is 2. The quantitative estimate of drug-likeness (QED) is 0.132. The topological polar surface area (TPSA) is 100 Å². The van der Waals surface area contributed by atoms with E-state index in [1.54, 1.807) is 43.3 Å². The smallest absolute Gasteiger partial charge is 0.363 e. The summed E-state index contributed by atoms with van der Waals surface area (Å²) in [5.41, 5.74) is 1.53. The van der Waals surface area contributed by atoms with Gasteiger partial charge < -0.3 is 14.2 Å². The Hall–Kier alpha value is -3.59. The van der Waals surface area contributed by atoms with Crippen LogP contribution in [0, 0.1) is 10.1 Å². The molecule has 0 bridgehead atoms. The predicted molar refractivity (Wildman–Crippen MR) is 137 cm³/mol. The molecule has 0 aromatic heterocycles. The van der Waals surface area contributed by atoms with Gasteiger partial charge in [0, 0.05) is 17.2 Å². The van der Waals surface area contributed by atoms with Crippen molar-refractivity contribution in [3.63, 3.8) is 0 Å². The molecule has 8 nitrogen and oxygen atoms in total. The number of rotatable bonds is 8. The van der Waals surface area contributed by atoms with Crippen LogP contribution in [0.4, 0.5) is 5.69 Å². The van der Waals surface area contributed by atoms with E-state index in [0.717, 1.165) is 0 Å². The van der Waals surface area contributed by atoms with Gasteiger partial charge in [-0.3, -0.25) is 10.1 Å². The number of cyclic esters (lactones) is 1. The molecule has 0 radical (unpaired) electrons. The fourth-order valence-electron chi connectivity index (χ4n) is 3.33. The largest absolute Gasteiger partial charge is 0.490 e. The molecule has 36 heavy (non-hydrogen) atoms. The highest BCUT2D eigenvalue weighted by atomic mass is 35.5. The van der Waals surface area contributed by atoms with Crippen LogP contribution in [0.15, 0.2) is 65.3 Å². The third kappa shape index (κ3) is 5.79. The van der Waals surface area contributed by atoms with E-state index < -0.39 is 10.9 Å². The summed E-state index contributed by atoms with van der Waals surface area (Å²) < 4.78 is 16.8. The lowest BCUT2D eigenvalue weighted by Crippen LogP contribution is -2.06. The van der Waals surface area contributed by atoms with Gasteiger partial charge in [-0.2, -0.15) is 0 Å². The van der Waals surface area contributed by atoms with Gasteiger partial charge in [0.1, 0.15) is 6.61 Å². The Bertz CT molecular complexity index is 1420. The van der Waals surface area contributed by atoms with E-state index in [-0.39, 0.29) is 34.7 Å². The maximum atomic E-state index is 12.4. The van der Waals surface area contributed by atoms with Crippen LogP contribution in [0.3, 0.4) is 0 Å². The van der Waals surface area contributed by atoms with Gasteiger partial charge in [0.25, 0.3) is 5.69 Å². The zero-order chi connectivity index (χ0) is 25.8. The van der Waals surface area contributed by atoms with Crippen LogP contribution in [-0.4, -0.2) is 23.4 Å². The average Bonchev–Trinajstić information content (AvgIpc) is 3.18. The molecule has 0 saturated heterocycles. The van der Waals surface area contributed by atoms with Crippen molar-refractivity contribution in [2.24, 2.45) is 4.99 Å². The molecule has 1 aliphatic rings. The Morgan fingerprint density at radius 2 is 1.86 bits per heavy atom. The Morgan fingerprint density at radius 1 is 1.06 bits per heavy atom. The number of ether oxygens (including phenoxy) is 3. The number of non-ortho nitro benzene ring substituents is 1. The fraction of sp³-hybridized carbons (Fsp3) is 0.120. The molecule has 0 N–H and O–H groups in total. The van der Waals surface area contributed by atoms with Crippen LogP contribution < -0.4 is 9.47 Å². The molecule has 0 aliphatic carbocycles. The van der Waals surface area contributed by atoms with Gasteiger partial charge in [-0.1, -0.05) is 46.9 Å². The molecule has 184 valence electrons. The van der Waals surface area contributed by atoms with Crippen LogP contribution in [-0.2, 0) is 16.1 Å². The van der Waals surface area contributed by atoms with Crippen molar-refractivity contribution in [2.75, 3.05) is 6.61 Å². The maximum absolute atomic E-state index is 12.4. The van der Waals surface area contributed by atoms with Gasteiger partial charge in [-0.05, 0) is 54.5 Å². The predicted octanol–water partition coefficient (Wildman–Crippen LogP) is 6.88. The molecule has 0 amide bonds. The van der Waals surface area contributed by atoms with Crippen molar-refractivity contribution in [2.45, 2.75) is 13.5 Å². The van der Waals surface area contributed by atoms with Crippen molar-refractivity contribution >= 4 is 58.4 Å². The van der Waals surface area contributed by atoms with E-state index in [4.69, 9.17) is 49.0 Å². The van der Waals surface area contributed by atoms with Crippen molar-refractivity contribution < 1.29 is 23.9 Å². The van der Waals surface area contributed by atoms with Crippen LogP contribution in [0.1, 0.15) is 23.6 Å². The monoisotopic (exact) mass is 546 g/mol. The van der Waals surface area contributed by atoms with Crippen LogP contribution >= 0.6 is 34.8 Å². The number of benzene rings is 3. The number of hydrogen-bond donors (Lipinski definition) is 0. The normalized spacial score (nSPS) is 13.9. The molecule has 4 rings (SSSR count). The Morgan fingerprint density at radius 3 is 2.58 bits per heavy atom. The maximum Gasteiger partial charge on any atom is 0.363 e. The minimum atomic E-state index is -0.656. The first kappa shape index (κ1) is 25.5. The van der Waals surface area contributed by atoms with Gasteiger partial charge in [-0.25, -0.2) is 9.79 Å². The molecule has 0 fully saturated rings. The number of carbonyl (C=O) groups excluding carboxylic acids is 1. The number of carbonyl (C=O) groups is 1. The van der Waals surface area contributed by atoms with Crippen molar-refractivity contribution in [1.82, 2.24) is 0 Å². The van der Waals surface area contributed by atoms with E-state index in [1.807, 2.05) is 0 Å². The van der Waals surface area contributed by atoms with Crippen molar-refractivity contribution in [3.8, 4) is 11.5 Å². The average molecular weight is 548 g/mol. The van der Waals surface area contributed by atoms with E-state index in [2.05, 4.69) is 4.99 Å². The molecule has 1 aliphatic heterocycles. The number of nitro benzene ring substituents is 1. The zero-order valence-electron chi connectivity index (χ0n) is 18.7. The van der Waals surface area contributed by atoms with Crippen LogP contribution in [0.2, 0.25) is 15.1 Å². The molecule has 3 aromatic rings. The lowest BCUT2D eigenvalue weighted by molar-refractivity contribution is -0.384. The SMILES string of the molecule is CCOc1cc(/C=C2\N=C(c3ccc(Cl)cc3Cl)OC2=O)cc(Cl)c1OCc1cccc([N+](=O)[O-])c1. The Kier molecular flexibility index (Phi) is 7.79. The summed E-state index contributed by atoms with van der Waals surface area (Å²) in [7, 11) is 0. The second-order valence-corrected chi connectivity index (χ2v) is 8.69. The van der Waals surface area contributed by atoms with E-state index in [9.17, 15) is 14.9 Å². The third-order valence-electron chi connectivity index (χ3n) is 4.92. The highest BCUT2D eigenvalue weighted by Gasteiger charge is 2.26. The standard InChI is InChI=1S/C25H17Cl3N2O6/c1-2-34-22-11-15(9-20(28)23(22)35-13-14-4-3-5-17(8-14)30(32)33)10-21-25(31)36-24(29-21)18-7-6-16(26)12-19(18)27/h3-12H,2,13H2,1H3/b21-10-. The summed E-state index contributed by atoms with van der Waals surface area (Å²) in [6.07, 6.45) is 1.50. The highest BCUT2D eigenvalue weighted by molar-refractivity contribution is 6.37. The van der Waals surface area contributed by atoms with Crippen LogP contribution in [0.25, 0.3) is 6.08 Å². The molecule has 1 heterocycles. The van der Waals surface area contributed by atoms with Crippen molar-refractivity contribution in [3.05, 3.63) is 102 Å². The molecule has 0 spiro atoms. The Balaban J connectivity index is 1.61. The summed E-state index contributed by atoms with van der Waals surface area (Å²) in [5, 5.41) is 12.0. The zero-order valence-corrected chi connectivity index (χ0v) is 20.9. The first-order chi connectivity index (χ1) is 17.2. The molecule has 3 aromatic carbocycles. The first-order valence-electron chi connectivity index (χ1n) is 10.6. The number of halogens is 3. The number of hydrogen-bond acceptors (Lipinski definition) is 7. The summed E-state index contributed by atoms with van der Waals surface area (Å²) in [6.45, 7) is 2.15. The van der Waals surface area contributed by atoms with Crippen LogP contribution in [0.5, 0.6) is 11.5 Å². The lowest BCUT2D eigenvalue weighted by Gasteiger charge is -2.14. The van der Waals surface area contributed by atoms with Gasteiger partial charge in [0.05, 0.1) is 27.1 Å². The second-order valence-electron chi connectivity index (χ2n) is 7.44. The molecular formula is C25H17Cl3N2O6. The number of aliphatic imine (C=N–C) groups is 1. The molecule has 11 heteroatoms. The second kappa shape index (κ2) is 11.0. The van der Waals surface area contributed by atoms with Gasteiger partial charge in [0.15, 0.2) is 17.2 Å². The number of nitro groups is 1. The molecule has 0 atom stereocenters. The molecular weight excluding hydrogens is 531 g/mol. The summed E-state index contributed by atoms with van der Waals surface area (Å²) in [5.74, 6) is -0.00560. The summed E-state index contributed by atoms with van der Waals surface area (Å²) in [6, 6.07) is 14.1. The Labute approximate surface area is 220 Å². The van der Waals surface area contributed by atoms with E-state index >= 15 is 0 Å². The fourth-order valence-corrected chi connectivity index (χ4v) is 4.10. The van der Waals surface area contributed by atoms with E-state index in [1.165, 1.54) is 24.3 Å². The van der Waals surface area contributed by atoms with Gasteiger partial charge in [-0.15, -0.1) is 0 Å². The van der Waals surface area contributed by atoms with Crippen molar-refractivity contribution in [1.29, 1.82) is 0 Å². The summed E-state index contributed by atoms with van der Waals surface area (Å²) >= 11 is 18.6. The molecule has 0 unspecified atom stereocenters. The molecule has 0 saturated carbocycles. The lowest BCUT2D eigenvalue weighted by atomic mass is 10.1. The van der Waals surface area contributed by atoms with Gasteiger partial charge in [0.2, 0.25) is 5.90 Å². The first-order valence-corrected chi connectivity index (χ1v) is 11.7. The minimum Gasteiger partial charge on any atom is -0.490 e.